The number of piperazine rings is 1. The first-order chi connectivity index (χ1) is 8.79. The Labute approximate surface area is 107 Å². The number of aryl methyl sites for hydroxylation is 1. The topological polar surface area (TPSA) is 37.6 Å². The Morgan fingerprint density at radius 2 is 2.06 bits per heavy atom. The summed E-state index contributed by atoms with van der Waals surface area (Å²) in [6.07, 6.45) is 0. The summed E-state index contributed by atoms with van der Waals surface area (Å²) in [5.74, 6) is 1.72. The van der Waals surface area contributed by atoms with E-state index in [1.807, 2.05) is 13.0 Å². The van der Waals surface area contributed by atoms with Crippen molar-refractivity contribution in [3.8, 4) is 5.75 Å². The van der Waals surface area contributed by atoms with Gasteiger partial charge in [0.15, 0.2) is 11.3 Å². The summed E-state index contributed by atoms with van der Waals surface area (Å²) in [5, 5.41) is 4.52. The predicted molar refractivity (Wildman–Crippen MR) is 72.6 cm³/mol. The van der Waals surface area contributed by atoms with Gasteiger partial charge in [-0.05, 0) is 25.1 Å². The largest absolute Gasteiger partial charge is 0.493 e. The minimum absolute atomic E-state index is 0.803. The molecule has 1 aromatic heterocycles. The molecule has 0 unspecified atom stereocenters. The Hall–Kier alpha value is -1.68. The third-order valence-electron chi connectivity index (χ3n) is 3.43. The molecule has 1 aromatic carbocycles. The van der Waals surface area contributed by atoms with E-state index in [0.717, 1.165) is 48.7 Å². The maximum absolute atomic E-state index is 5.75. The van der Waals surface area contributed by atoms with Crippen molar-refractivity contribution in [2.75, 3.05) is 38.2 Å². The van der Waals surface area contributed by atoms with Crippen molar-refractivity contribution in [1.82, 2.24) is 5.32 Å². The SMILES string of the molecule is COc1ccc(N2CCNCC2)c2cc(C)oc12. The third kappa shape index (κ3) is 1.82. The Bertz CT molecular complexity index is 556. The van der Waals surface area contributed by atoms with E-state index in [0.29, 0.717) is 0 Å². The molecule has 1 aliphatic heterocycles. The van der Waals surface area contributed by atoms with Gasteiger partial charge in [0.1, 0.15) is 5.76 Å². The van der Waals surface area contributed by atoms with Gasteiger partial charge in [-0.3, -0.25) is 0 Å². The Morgan fingerprint density at radius 1 is 1.28 bits per heavy atom. The van der Waals surface area contributed by atoms with E-state index < -0.39 is 0 Å². The zero-order valence-electron chi connectivity index (χ0n) is 10.8. The maximum atomic E-state index is 5.75. The molecule has 0 atom stereocenters. The van der Waals surface area contributed by atoms with Crippen LogP contribution in [0, 0.1) is 6.92 Å². The average Bonchev–Trinajstić information content (AvgIpc) is 2.80. The van der Waals surface area contributed by atoms with E-state index in [1.165, 1.54) is 5.69 Å². The van der Waals surface area contributed by atoms with Crippen LogP contribution in [0.1, 0.15) is 5.76 Å². The van der Waals surface area contributed by atoms with Crippen molar-refractivity contribution in [2.45, 2.75) is 6.92 Å². The standard InChI is InChI=1S/C14H18N2O2/c1-10-9-11-12(16-7-5-15-6-8-16)3-4-13(17-2)14(11)18-10/h3-4,9,15H,5-8H2,1-2H3. The van der Waals surface area contributed by atoms with Crippen molar-refractivity contribution in [3.05, 3.63) is 24.0 Å². The van der Waals surface area contributed by atoms with Gasteiger partial charge in [0, 0.05) is 37.3 Å². The second-order valence-electron chi connectivity index (χ2n) is 4.62. The second kappa shape index (κ2) is 4.53. The molecule has 0 aliphatic carbocycles. The number of rotatable bonds is 2. The molecule has 1 fully saturated rings. The second-order valence-corrected chi connectivity index (χ2v) is 4.62. The third-order valence-corrected chi connectivity index (χ3v) is 3.43. The molecule has 4 nitrogen and oxygen atoms in total. The number of methoxy groups -OCH3 is 1. The highest BCUT2D eigenvalue weighted by atomic mass is 16.5. The van der Waals surface area contributed by atoms with Crippen molar-refractivity contribution in [1.29, 1.82) is 0 Å². The van der Waals surface area contributed by atoms with Crippen molar-refractivity contribution < 1.29 is 9.15 Å². The van der Waals surface area contributed by atoms with Crippen molar-refractivity contribution in [2.24, 2.45) is 0 Å². The van der Waals surface area contributed by atoms with E-state index in [1.54, 1.807) is 7.11 Å². The van der Waals surface area contributed by atoms with E-state index in [9.17, 15) is 0 Å². The number of furan rings is 1. The number of nitrogens with one attached hydrogen (secondary N) is 1. The minimum atomic E-state index is 0.803. The smallest absolute Gasteiger partial charge is 0.178 e. The molecule has 18 heavy (non-hydrogen) atoms. The number of fused-ring (bicyclic) bond motifs is 1. The number of nitrogens with zero attached hydrogens (tertiary/aromatic N) is 1. The molecule has 1 saturated heterocycles. The van der Waals surface area contributed by atoms with Crippen LogP contribution in [0.15, 0.2) is 22.6 Å². The summed E-state index contributed by atoms with van der Waals surface area (Å²) in [4.78, 5) is 2.40. The van der Waals surface area contributed by atoms with Crippen LogP contribution in [0.4, 0.5) is 5.69 Å². The molecule has 0 spiro atoms. The summed E-state index contributed by atoms with van der Waals surface area (Å²) in [6.45, 7) is 6.10. The number of hydrogen-bond acceptors (Lipinski definition) is 4. The highest BCUT2D eigenvalue weighted by molar-refractivity contribution is 5.95. The summed E-state index contributed by atoms with van der Waals surface area (Å²) >= 11 is 0. The van der Waals surface area contributed by atoms with Crippen LogP contribution in [0.5, 0.6) is 5.75 Å². The molecule has 2 heterocycles. The van der Waals surface area contributed by atoms with Crippen LogP contribution in [-0.4, -0.2) is 33.3 Å². The molecule has 4 heteroatoms. The van der Waals surface area contributed by atoms with Crippen LogP contribution in [0.25, 0.3) is 11.0 Å². The molecule has 0 amide bonds. The molecule has 2 aromatic rings. The van der Waals surface area contributed by atoms with Gasteiger partial charge >= 0.3 is 0 Å². The van der Waals surface area contributed by atoms with Crippen molar-refractivity contribution >= 4 is 16.7 Å². The fraction of sp³-hybridized carbons (Fsp3) is 0.429. The first-order valence-electron chi connectivity index (χ1n) is 6.32. The minimum Gasteiger partial charge on any atom is -0.493 e. The quantitative estimate of drug-likeness (QED) is 0.881. The molecule has 0 bridgehead atoms. The van der Waals surface area contributed by atoms with Gasteiger partial charge in [0.25, 0.3) is 0 Å². The lowest BCUT2D eigenvalue weighted by Gasteiger charge is -2.30. The van der Waals surface area contributed by atoms with Gasteiger partial charge < -0.3 is 19.4 Å². The number of ether oxygens (including phenoxy) is 1. The van der Waals surface area contributed by atoms with E-state index in [2.05, 4.69) is 22.3 Å². The summed E-state index contributed by atoms with van der Waals surface area (Å²) in [5.41, 5.74) is 2.09. The summed E-state index contributed by atoms with van der Waals surface area (Å²) in [6, 6.07) is 6.21. The predicted octanol–water partition coefficient (Wildman–Crippen LogP) is 2.16. The average molecular weight is 246 g/mol. The summed E-state index contributed by atoms with van der Waals surface area (Å²) < 4.78 is 11.1. The van der Waals surface area contributed by atoms with Crippen LogP contribution < -0.4 is 15.0 Å². The first kappa shape index (κ1) is 11.4. The van der Waals surface area contributed by atoms with Crippen LogP contribution >= 0.6 is 0 Å². The lowest BCUT2D eigenvalue weighted by molar-refractivity contribution is 0.408. The number of benzene rings is 1. The van der Waals surface area contributed by atoms with Gasteiger partial charge in [-0.15, -0.1) is 0 Å². The molecule has 3 rings (SSSR count). The first-order valence-corrected chi connectivity index (χ1v) is 6.32. The van der Waals surface area contributed by atoms with Gasteiger partial charge in [-0.1, -0.05) is 0 Å². The molecule has 1 N–H and O–H groups in total. The molecular weight excluding hydrogens is 228 g/mol. The fourth-order valence-corrected chi connectivity index (χ4v) is 2.55. The van der Waals surface area contributed by atoms with E-state index in [-0.39, 0.29) is 0 Å². The number of hydrogen-bond donors (Lipinski definition) is 1. The molecule has 0 saturated carbocycles. The van der Waals surface area contributed by atoms with Crippen molar-refractivity contribution in [3.63, 3.8) is 0 Å². The molecule has 1 aliphatic rings. The highest BCUT2D eigenvalue weighted by Crippen LogP contribution is 2.36. The zero-order valence-corrected chi connectivity index (χ0v) is 10.8. The van der Waals surface area contributed by atoms with Gasteiger partial charge in [-0.25, -0.2) is 0 Å². The van der Waals surface area contributed by atoms with Crippen LogP contribution in [0.3, 0.4) is 0 Å². The van der Waals surface area contributed by atoms with E-state index in [4.69, 9.17) is 9.15 Å². The Balaban J connectivity index is 2.11. The Kier molecular flexibility index (Phi) is 2.88. The molecule has 96 valence electrons. The van der Waals surface area contributed by atoms with Gasteiger partial charge in [0.2, 0.25) is 0 Å². The monoisotopic (exact) mass is 246 g/mol. The lowest BCUT2D eigenvalue weighted by Crippen LogP contribution is -2.43. The molecular formula is C14H18N2O2. The number of anilines is 1. The Morgan fingerprint density at radius 3 is 2.78 bits per heavy atom. The van der Waals surface area contributed by atoms with Gasteiger partial charge in [-0.2, -0.15) is 0 Å². The maximum Gasteiger partial charge on any atom is 0.178 e. The molecule has 0 radical (unpaired) electrons. The normalized spacial score (nSPS) is 16.2. The van der Waals surface area contributed by atoms with Gasteiger partial charge in [0.05, 0.1) is 7.11 Å². The summed E-state index contributed by atoms with van der Waals surface area (Å²) in [7, 11) is 1.68. The van der Waals surface area contributed by atoms with Crippen LogP contribution in [0.2, 0.25) is 0 Å². The van der Waals surface area contributed by atoms with Crippen LogP contribution in [-0.2, 0) is 0 Å². The van der Waals surface area contributed by atoms with E-state index >= 15 is 0 Å². The highest BCUT2D eigenvalue weighted by Gasteiger charge is 2.17. The zero-order chi connectivity index (χ0) is 12.5. The lowest BCUT2D eigenvalue weighted by atomic mass is 10.1. The fourth-order valence-electron chi connectivity index (χ4n) is 2.55.